The van der Waals surface area contributed by atoms with E-state index in [-0.39, 0.29) is 5.92 Å². The lowest BCUT2D eigenvalue weighted by molar-refractivity contribution is 0.490. The van der Waals surface area contributed by atoms with Crippen LogP contribution in [0.2, 0.25) is 5.02 Å². The van der Waals surface area contributed by atoms with E-state index in [1.807, 2.05) is 69.2 Å². The van der Waals surface area contributed by atoms with Crippen LogP contribution in [0, 0.1) is 18.3 Å². The Hall–Kier alpha value is -2.88. The molecule has 1 atom stereocenters. The van der Waals surface area contributed by atoms with E-state index < -0.39 is 0 Å². The average Bonchev–Trinajstić information content (AvgIpc) is 3.12. The molecule has 0 amide bonds. The maximum Gasteiger partial charge on any atom is 0.218 e. The van der Waals surface area contributed by atoms with E-state index in [9.17, 15) is 5.26 Å². The number of ether oxygens (including phenoxy) is 1. The van der Waals surface area contributed by atoms with Crippen LogP contribution in [0.3, 0.4) is 0 Å². The first kappa shape index (κ1) is 20.8. The predicted octanol–water partition coefficient (Wildman–Crippen LogP) is 6.14. The Morgan fingerprint density at radius 1 is 1.28 bits per heavy atom. The molecule has 0 spiro atoms. The third-order valence-corrected chi connectivity index (χ3v) is 5.43. The minimum absolute atomic E-state index is 0.00752. The number of hydrogen-bond acceptors (Lipinski definition) is 5. The largest absolute Gasteiger partial charge is 0.443 e. The van der Waals surface area contributed by atoms with Gasteiger partial charge in [-0.25, -0.2) is 4.99 Å². The average molecular weight is 425 g/mol. The molecule has 2 aromatic carbocycles. The second-order valence-electron chi connectivity index (χ2n) is 6.85. The smallest absolute Gasteiger partial charge is 0.218 e. The van der Waals surface area contributed by atoms with E-state index in [4.69, 9.17) is 16.3 Å². The summed E-state index contributed by atoms with van der Waals surface area (Å²) < 4.78 is 10.6. The lowest BCUT2D eigenvalue weighted by atomic mass is 9.95. The van der Waals surface area contributed by atoms with Crippen LogP contribution in [0.15, 0.2) is 47.5 Å². The van der Waals surface area contributed by atoms with Gasteiger partial charge in [0.1, 0.15) is 17.4 Å². The third kappa shape index (κ3) is 4.76. The molecule has 3 rings (SSSR count). The molecule has 0 saturated heterocycles. The first-order chi connectivity index (χ1) is 13.9. The SMILES string of the molecule is Cc1cc(/N=C\N(C)C)c(Cl)cc1Oc1snc(C(C)c2ccccc2)c1C#N. The fraction of sp³-hybridized carbons (Fsp3) is 0.227. The van der Waals surface area contributed by atoms with E-state index >= 15 is 0 Å². The van der Waals surface area contributed by atoms with Gasteiger partial charge in [-0.05, 0) is 24.1 Å². The van der Waals surface area contributed by atoms with Crippen molar-refractivity contribution in [1.29, 1.82) is 5.26 Å². The molecule has 0 N–H and O–H groups in total. The Labute approximate surface area is 180 Å². The summed E-state index contributed by atoms with van der Waals surface area (Å²) in [6, 6.07) is 15.8. The number of nitrogens with zero attached hydrogens (tertiary/aromatic N) is 4. The molecule has 3 aromatic rings. The second kappa shape index (κ2) is 9.08. The Morgan fingerprint density at radius 2 is 2.00 bits per heavy atom. The number of halogens is 1. The third-order valence-electron chi connectivity index (χ3n) is 4.38. The number of aryl methyl sites for hydroxylation is 1. The van der Waals surface area contributed by atoms with Crippen LogP contribution in [0.25, 0.3) is 0 Å². The number of nitriles is 1. The Morgan fingerprint density at radius 3 is 2.66 bits per heavy atom. The maximum absolute atomic E-state index is 9.74. The second-order valence-corrected chi connectivity index (χ2v) is 8.00. The van der Waals surface area contributed by atoms with Gasteiger partial charge in [0, 0.05) is 37.6 Å². The van der Waals surface area contributed by atoms with Gasteiger partial charge in [0.05, 0.1) is 22.7 Å². The van der Waals surface area contributed by atoms with Crippen molar-refractivity contribution in [3.8, 4) is 16.9 Å². The molecule has 7 heteroatoms. The molecule has 1 unspecified atom stereocenters. The molecule has 1 aromatic heterocycles. The molecule has 1 heterocycles. The predicted molar refractivity (Wildman–Crippen MR) is 119 cm³/mol. The van der Waals surface area contributed by atoms with Crippen molar-refractivity contribution in [2.75, 3.05) is 14.1 Å². The van der Waals surface area contributed by atoms with E-state index in [0.717, 1.165) is 16.8 Å². The fourth-order valence-electron chi connectivity index (χ4n) is 2.79. The van der Waals surface area contributed by atoms with Crippen molar-refractivity contribution < 1.29 is 4.74 Å². The van der Waals surface area contributed by atoms with Gasteiger partial charge < -0.3 is 9.64 Å². The zero-order valence-corrected chi connectivity index (χ0v) is 18.3. The minimum atomic E-state index is -0.00752. The summed E-state index contributed by atoms with van der Waals surface area (Å²) in [5, 5.41) is 10.7. The number of rotatable bonds is 6. The van der Waals surface area contributed by atoms with Crippen molar-refractivity contribution in [2.24, 2.45) is 4.99 Å². The van der Waals surface area contributed by atoms with Crippen molar-refractivity contribution in [3.05, 3.63) is 69.9 Å². The Kier molecular flexibility index (Phi) is 6.53. The molecule has 0 saturated carbocycles. The number of aromatic nitrogens is 1. The highest BCUT2D eigenvalue weighted by atomic mass is 35.5. The lowest BCUT2D eigenvalue weighted by Crippen LogP contribution is -2.07. The van der Waals surface area contributed by atoms with Gasteiger partial charge in [-0.3, -0.25) is 0 Å². The quantitative estimate of drug-likeness (QED) is 0.352. The van der Waals surface area contributed by atoms with Crippen LogP contribution in [-0.2, 0) is 0 Å². The van der Waals surface area contributed by atoms with Gasteiger partial charge in [0.2, 0.25) is 5.06 Å². The standard InChI is InChI=1S/C22H21ClN4OS/c1-14-10-19(25-13-27(3)4)18(23)11-20(14)28-22-17(12-24)21(26-29-22)15(2)16-8-6-5-7-9-16/h5-11,13,15H,1-4H3/b25-13-. The van der Waals surface area contributed by atoms with Crippen LogP contribution >= 0.6 is 23.1 Å². The molecule has 5 nitrogen and oxygen atoms in total. The van der Waals surface area contributed by atoms with Gasteiger partial charge in [-0.2, -0.15) is 9.64 Å². The van der Waals surface area contributed by atoms with E-state index in [1.165, 1.54) is 11.5 Å². The van der Waals surface area contributed by atoms with Crippen LogP contribution in [-0.4, -0.2) is 29.7 Å². The highest BCUT2D eigenvalue weighted by Gasteiger charge is 2.22. The molecular weight excluding hydrogens is 404 g/mol. The number of hydrogen-bond donors (Lipinski definition) is 0. The van der Waals surface area contributed by atoms with Crippen LogP contribution < -0.4 is 4.74 Å². The molecule has 0 aliphatic carbocycles. The highest BCUT2D eigenvalue weighted by molar-refractivity contribution is 7.08. The summed E-state index contributed by atoms with van der Waals surface area (Å²) in [6.45, 7) is 3.95. The molecule has 0 radical (unpaired) electrons. The first-order valence-electron chi connectivity index (χ1n) is 9.04. The zero-order valence-electron chi connectivity index (χ0n) is 16.7. The van der Waals surface area contributed by atoms with Crippen molar-refractivity contribution in [3.63, 3.8) is 0 Å². The van der Waals surface area contributed by atoms with Crippen LogP contribution in [0.1, 0.15) is 35.2 Å². The Bertz CT molecular complexity index is 1070. The molecule has 0 bridgehead atoms. The van der Waals surface area contributed by atoms with Crippen LogP contribution in [0.5, 0.6) is 10.8 Å². The minimum Gasteiger partial charge on any atom is -0.443 e. The summed E-state index contributed by atoms with van der Waals surface area (Å²) in [6.07, 6.45) is 1.69. The van der Waals surface area contributed by atoms with Gasteiger partial charge in [-0.1, -0.05) is 48.9 Å². The van der Waals surface area contributed by atoms with E-state index in [0.29, 0.717) is 27.1 Å². The van der Waals surface area contributed by atoms with Crippen molar-refractivity contribution in [2.45, 2.75) is 19.8 Å². The van der Waals surface area contributed by atoms with Gasteiger partial charge in [0.15, 0.2) is 0 Å². The molecule has 0 aliphatic rings. The zero-order chi connectivity index (χ0) is 21.0. The van der Waals surface area contributed by atoms with Gasteiger partial charge in [-0.15, -0.1) is 0 Å². The topological polar surface area (TPSA) is 61.5 Å². The lowest BCUT2D eigenvalue weighted by Gasteiger charge is -2.11. The maximum atomic E-state index is 9.74. The van der Waals surface area contributed by atoms with Crippen LogP contribution in [0.4, 0.5) is 5.69 Å². The first-order valence-corrected chi connectivity index (χ1v) is 10.2. The summed E-state index contributed by atoms with van der Waals surface area (Å²) in [5.74, 6) is 0.574. The molecular formula is C22H21ClN4OS. The van der Waals surface area contributed by atoms with Gasteiger partial charge in [0.25, 0.3) is 0 Å². The fourth-order valence-corrected chi connectivity index (χ4v) is 3.79. The molecule has 0 fully saturated rings. The summed E-state index contributed by atoms with van der Waals surface area (Å²) in [5.41, 5.74) is 3.80. The normalized spacial score (nSPS) is 12.0. The van der Waals surface area contributed by atoms with Crippen molar-refractivity contribution in [1.82, 2.24) is 9.27 Å². The molecule has 0 aliphatic heterocycles. The Balaban J connectivity index is 1.91. The van der Waals surface area contributed by atoms with E-state index in [2.05, 4.69) is 15.4 Å². The van der Waals surface area contributed by atoms with Crippen molar-refractivity contribution >= 4 is 35.2 Å². The monoisotopic (exact) mass is 424 g/mol. The highest BCUT2D eigenvalue weighted by Crippen LogP contribution is 2.40. The summed E-state index contributed by atoms with van der Waals surface area (Å²) >= 11 is 7.55. The summed E-state index contributed by atoms with van der Waals surface area (Å²) in [7, 11) is 3.78. The molecule has 29 heavy (non-hydrogen) atoms. The number of benzene rings is 2. The molecule has 148 valence electrons. The number of aliphatic imine (C=N–C) groups is 1. The van der Waals surface area contributed by atoms with E-state index in [1.54, 1.807) is 12.4 Å². The van der Waals surface area contributed by atoms with Gasteiger partial charge >= 0.3 is 0 Å². The summed E-state index contributed by atoms with van der Waals surface area (Å²) in [4.78, 5) is 6.20.